The first kappa shape index (κ1) is 19.1. The van der Waals surface area contributed by atoms with Crippen LogP contribution in [0.15, 0.2) is 0 Å². The van der Waals surface area contributed by atoms with E-state index in [0.717, 1.165) is 6.42 Å². The van der Waals surface area contributed by atoms with Crippen molar-refractivity contribution in [2.24, 2.45) is 0 Å². The van der Waals surface area contributed by atoms with Crippen LogP contribution in [0.4, 0.5) is 39.5 Å². The number of hydrogen-bond acceptors (Lipinski definition) is 2. The molecule has 1 saturated carbocycles. The molecule has 3 nitrogen and oxygen atoms in total. The molecule has 1 amide bonds. The first-order valence-corrected chi connectivity index (χ1v) is 6.92. The van der Waals surface area contributed by atoms with Crippen molar-refractivity contribution in [2.75, 3.05) is 0 Å². The van der Waals surface area contributed by atoms with Crippen molar-refractivity contribution in [1.29, 1.82) is 0 Å². The van der Waals surface area contributed by atoms with Gasteiger partial charge in [0.15, 0.2) is 0 Å². The third kappa shape index (κ3) is 2.36. The van der Waals surface area contributed by atoms with Crippen LogP contribution in [-0.2, 0) is 9.53 Å². The Morgan fingerprint density at radius 2 is 1.42 bits per heavy atom. The number of nitrogens with one attached hydrogen (secondary N) is 1. The van der Waals surface area contributed by atoms with Crippen molar-refractivity contribution >= 4 is 5.91 Å². The Bertz CT molecular complexity index is 519. The molecule has 0 aromatic heterocycles. The van der Waals surface area contributed by atoms with E-state index in [1.807, 2.05) is 0 Å². The molecule has 2 aliphatic rings. The van der Waals surface area contributed by atoms with E-state index in [2.05, 4.69) is 4.74 Å². The van der Waals surface area contributed by atoms with Gasteiger partial charge in [0.1, 0.15) is 0 Å². The molecule has 1 atom stereocenters. The predicted octanol–water partition coefficient (Wildman–Crippen LogP) is 3.63. The molecule has 0 aromatic carbocycles. The molecule has 1 aliphatic heterocycles. The Balaban J connectivity index is 2.31. The number of carbonyl (C=O) groups is 1. The largest absolute Gasteiger partial charge is 0.428 e. The fourth-order valence-electron chi connectivity index (χ4n) is 2.62. The van der Waals surface area contributed by atoms with Gasteiger partial charge in [-0.2, -0.15) is 39.5 Å². The Morgan fingerprint density at radius 3 is 1.83 bits per heavy atom. The number of hydrogen-bond donors (Lipinski definition) is 1. The molecular weight excluding hydrogens is 361 g/mol. The minimum atomic E-state index is -6.64. The van der Waals surface area contributed by atoms with Crippen molar-refractivity contribution in [3.05, 3.63) is 0 Å². The molecule has 1 aliphatic carbocycles. The van der Waals surface area contributed by atoms with E-state index < -0.39 is 41.7 Å². The van der Waals surface area contributed by atoms with Gasteiger partial charge in [0.05, 0.1) is 0 Å². The van der Waals surface area contributed by atoms with E-state index in [4.69, 9.17) is 0 Å². The molecule has 0 radical (unpaired) electrons. The Morgan fingerprint density at radius 1 is 0.917 bits per heavy atom. The van der Waals surface area contributed by atoms with Crippen molar-refractivity contribution in [3.8, 4) is 0 Å². The summed E-state index contributed by atoms with van der Waals surface area (Å²) in [4.78, 5) is 11.4. The van der Waals surface area contributed by atoms with Gasteiger partial charge in [-0.3, -0.25) is 9.53 Å². The molecule has 0 unspecified atom stereocenters. The molecular formula is C12H12F9NO2. The standard InChI is InChI=1S/C12H12F9NO2/c13-8(14,7(23)22-6-4-2-1-3-5-6)11(19)9(15,16)10(17,18)12(20,21)24-11/h6H,1-5H2,(H,22,23)/t11-/m0/s1. The van der Waals surface area contributed by atoms with E-state index in [-0.39, 0.29) is 12.8 Å². The van der Waals surface area contributed by atoms with Gasteiger partial charge in [-0.05, 0) is 12.8 Å². The third-order valence-electron chi connectivity index (χ3n) is 4.06. The minimum Gasteiger partial charge on any atom is -0.348 e. The fourth-order valence-corrected chi connectivity index (χ4v) is 2.62. The molecule has 24 heavy (non-hydrogen) atoms. The number of halogens is 9. The van der Waals surface area contributed by atoms with Crippen molar-refractivity contribution in [1.82, 2.24) is 5.32 Å². The molecule has 0 aromatic rings. The summed E-state index contributed by atoms with van der Waals surface area (Å²) < 4.78 is 122. The minimum absolute atomic E-state index is 0.171. The number of carbonyl (C=O) groups excluding carboxylic acids is 1. The number of amides is 1. The molecule has 140 valence electrons. The fraction of sp³-hybridized carbons (Fsp3) is 0.917. The van der Waals surface area contributed by atoms with Gasteiger partial charge >= 0.3 is 29.7 Å². The average Bonchev–Trinajstić information content (AvgIpc) is 2.55. The highest BCUT2D eigenvalue weighted by Gasteiger charge is 2.96. The monoisotopic (exact) mass is 373 g/mol. The molecule has 0 spiro atoms. The maximum atomic E-state index is 13.9. The van der Waals surface area contributed by atoms with Gasteiger partial charge in [0.2, 0.25) is 0 Å². The van der Waals surface area contributed by atoms with Crippen LogP contribution >= 0.6 is 0 Å². The van der Waals surface area contributed by atoms with Crippen LogP contribution in [0.5, 0.6) is 0 Å². The zero-order valence-corrected chi connectivity index (χ0v) is 11.8. The second-order valence-corrected chi connectivity index (χ2v) is 5.75. The van der Waals surface area contributed by atoms with Crippen LogP contribution in [0.2, 0.25) is 0 Å². The quantitative estimate of drug-likeness (QED) is 0.768. The zero-order valence-electron chi connectivity index (χ0n) is 11.8. The van der Waals surface area contributed by atoms with Crippen LogP contribution in [0.3, 0.4) is 0 Å². The number of alkyl halides is 9. The van der Waals surface area contributed by atoms with Crippen molar-refractivity contribution < 1.29 is 49.0 Å². The maximum Gasteiger partial charge on any atom is 0.428 e. The molecule has 2 fully saturated rings. The maximum absolute atomic E-state index is 13.9. The third-order valence-corrected chi connectivity index (χ3v) is 4.06. The highest BCUT2D eigenvalue weighted by molar-refractivity contribution is 5.85. The summed E-state index contributed by atoms with van der Waals surface area (Å²) >= 11 is 0. The SMILES string of the molecule is O=C(NC1CCCCC1)C(F)(F)[C@]1(F)OC(F)(F)C(F)(F)C1(F)F. The number of ether oxygens (including phenoxy) is 1. The van der Waals surface area contributed by atoms with Crippen LogP contribution in [-0.4, -0.2) is 41.7 Å². The molecule has 1 N–H and O–H groups in total. The first-order valence-electron chi connectivity index (χ1n) is 6.92. The summed E-state index contributed by atoms with van der Waals surface area (Å²) in [6, 6.07) is -0.934. The van der Waals surface area contributed by atoms with Gasteiger partial charge < -0.3 is 5.32 Å². The van der Waals surface area contributed by atoms with Crippen LogP contribution in [0, 0.1) is 0 Å². The average molecular weight is 373 g/mol. The Hall–Kier alpha value is -1.20. The molecule has 1 heterocycles. The van der Waals surface area contributed by atoms with Gasteiger partial charge in [0, 0.05) is 6.04 Å². The molecule has 0 bridgehead atoms. The summed E-state index contributed by atoms with van der Waals surface area (Å²) in [5.74, 6) is -28.1. The lowest BCUT2D eigenvalue weighted by Gasteiger charge is -2.33. The van der Waals surface area contributed by atoms with E-state index >= 15 is 0 Å². The molecule has 1 saturated heterocycles. The van der Waals surface area contributed by atoms with E-state index in [9.17, 15) is 44.3 Å². The number of rotatable bonds is 3. The summed E-state index contributed by atoms with van der Waals surface area (Å²) in [5, 5.41) is 1.52. The highest BCUT2D eigenvalue weighted by Crippen LogP contribution is 2.64. The second kappa shape index (κ2) is 5.40. The zero-order chi connectivity index (χ0) is 18.6. The Labute approximate surface area is 129 Å². The summed E-state index contributed by atoms with van der Waals surface area (Å²) in [6.45, 7) is 0. The van der Waals surface area contributed by atoms with Gasteiger partial charge in [-0.25, -0.2) is 0 Å². The van der Waals surface area contributed by atoms with Gasteiger partial charge in [0.25, 0.3) is 5.91 Å². The van der Waals surface area contributed by atoms with Crippen LogP contribution < -0.4 is 5.32 Å². The highest BCUT2D eigenvalue weighted by atomic mass is 19.4. The smallest absolute Gasteiger partial charge is 0.348 e. The van der Waals surface area contributed by atoms with Gasteiger partial charge in [-0.15, -0.1) is 0 Å². The lowest BCUT2D eigenvalue weighted by Crippen LogP contribution is -2.65. The molecule has 2 rings (SSSR count). The van der Waals surface area contributed by atoms with Gasteiger partial charge in [-0.1, -0.05) is 19.3 Å². The summed E-state index contributed by atoms with van der Waals surface area (Å²) in [7, 11) is 0. The first-order chi connectivity index (χ1) is 10.7. The predicted molar refractivity (Wildman–Crippen MR) is 59.7 cm³/mol. The van der Waals surface area contributed by atoms with Crippen LogP contribution in [0.25, 0.3) is 0 Å². The summed E-state index contributed by atoms with van der Waals surface area (Å²) in [6.07, 6.45) is -4.16. The normalized spacial score (nSPS) is 32.5. The van der Waals surface area contributed by atoms with E-state index in [0.29, 0.717) is 12.8 Å². The van der Waals surface area contributed by atoms with E-state index in [1.54, 1.807) is 0 Å². The van der Waals surface area contributed by atoms with Crippen molar-refractivity contribution in [2.45, 2.75) is 67.9 Å². The lowest BCUT2D eigenvalue weighted by atomic mass is 9.94. The van der Waals surface area contributed by atoms with Crippen LogP contribution in [0.1, 0.15) is 32.1 Å². The Kier molecular flexibility index (Phi) is 4.30. The van der Waals surface area contributed by atoms with E-state index in [1.165, 1.54) is 5.32 Å². The molecule has 12 heteroatoms. The lowest BCUT2D eigenvalue weighted by molar-refractivity contribution is -0.367. The second-order valence-electron chi connectivity index (χ2n) is 5.75. The summed E-state index contributed by atoms with van der Waals surface area (Å²) in [5.41, 5.74) is 0. The van der Waals surface area contributed by atoms with Crippen molar-refractivity contribution in [3.63, 3.8) is 0 Å². The topological polar surface area (TPSA) is 38.3 Å².